The van der Waals surface area contributed by atoms with Crippen LogP contribution >= 0.6 is 23.4 Å². The third-order valence-corrected chi connectivity index (χ3v) is 3.57. The van der Waals surface area contributed by atoms with Gasteiger partial charge in [-0.2, -0.15) is 0 Å². The van der Waals surface area contributed by atoms with E-state index >= 15 is 0 Å². The number of hydrogen-bond donors (Lipinski definition) is 2. The van der Waals surface area contributed by atoms with Gasteiger partial charge in [0.2, 0.25) is 0 Å². The van der Waals surface area contributed by atoms with E-state index in [1.54, 1.807) is 11.8 Å². The number of rotatable bonds is 3. The molecule has 0 unspecified atom stereocenters. The standard InChI is InChI=1S/C13H12ClN3OS/c1-19-11-5-3-2-4-10(11)17-13(18)8-6-12(15)16-7-9(8)14/h2-7H,1H3,(H2,15,16)(H,17,18). The number of aromatic nitrogens is 1. The Morgan fingerprint density at radius 3 is 2.89 bits per heavy atom. The minimum atomic E-state index is -0.305. The molecule has 0 atom stereocenters. The van der Waals surface area contributed by atoms with Gasteiger partial charge < -0.3 is 11.1 Å². The van der Waals surface area contributed by atoms with Crippen molar-refractivity contribution in [3.63, 3.8) is 0 Å². The van der Waals surface area contributed by atoms with Crippen molar-refractivity contribution in [1.82, 2.24) is 4.98 Å². The third kappa shape index (κ3) is 3.19. The molecule has 2 aromatic rings. The molecule has 4 nitrogen and oxygen atoms in total. The van der Waals surface area contributed by atoms with E-state index in [1.165, 1.54) is 12.3 Å². The van der Waals surface area contributed by atoms with Crippen molar-refractivity contribution in [3.05, 3.63) is 47.1 Å². The number of benzene rings is 1. The lowest BCUT2D eigenvalue weighted by molar-refractivity contribution is 0.102. The lowest BCUT2D eigenvalue weighted by Gasteiger charge is -2.10. The highest BCUT2D eigenvalue weighted by molar-refractivity contribution is 7.98. The molecular formula is C13H12ClN3OS. The van der Waals surface area contributed by atoms with Crippen LogP contribution in [0.4, 0.5) is 11.5 Å². The Hall–Kier alpha value is -1.72. The fraction of sp³-hybridized carbons (Fsp3) is 0.0769. The van der Waals surface area contributed by atoms with Crippen molar-refractivity contribution in [3.8, 4) is 0 Å². The van der Waals surface area contributed by atoms with Crippen LogP contribution in [0.3, 0.4) is 0 Å². The number of nitrogen functional groups attached to an aromatic ring is 1. The monoisotopic (exact) mass is 293 g/mol. The van der Waals surface area contributed by atoms with Crippen LogP contribution in [0.1, 0.15) is 10.4 Å². The zero-order valence-electron chi connectivity index (χ0n) is 10.2. The molecule has 1 aromatic carbocycles. The molecule has 6 heteroatoms. The zero-order valence-corrected chi connectivity index (χ0v) is 11.8. The van der Waals surface area contributed by atoms with Crippen LogP contribution in [0.15, 0.2) is 41.4 Å². The Morgan fingerprint density at radius 2 is 2.16 bits per heavy atom. The van der Waals surface area contributed by atoms with Crippen molar-refractivity contribution >= 4 is 40.8 Å². The molecular weight excluding hydrogens is 282 g/mol. The largest absolute Gasteiger partial charge is 0.384 e. The van der Waals surface area contributed by atoms with E-state index in [0.29, 0.717) is 5.56 Å². The van der Waals surface area contributed by atoms with Crippen LogP contribution in [0.2, 0.25) is 5.02 Å². The highest BCUT2D eigenvalue weighted by Gasteiger charge is 2.13. The van der Waals surface area contributed by atoms with Crippen molar-refractivity contribution in [1.29, 1.82) is 0 Å². The molecule has 0 aliphatic heterocycles. The molecule has 0 spiro atoms. The first-order valence-electron chi connectivity index (χ1n) is 5.47. The van der Waals surface area contributed by atoms with Crippen molar-refractivity contribution in [2.45, 2.75) is 4.90 Å². The lowest BCUT2D eigenvalue weighted by Crippen LogP contribution is -2.13. The van der Waals surface area contributed by atoms with Gasteiger partial charge in [0.25, 0.3) is 5.91 Å². The van der Waals surface area contributed by atoms with Crippen molar-refractivity contribution < 1.29 is 4.79 Å². The molecule has 1 aromatic heterocycles. The van der Waals surface area contributed by atoms with Gasteiger partial charge in [0.05, 0.1) is 16.3 Å². The Balaban J connectivity index is 2.28. The number of nitrogens with one attached hydrogen (secondary N) is 1. The first kappa shape index (κ1) is 13.7. The fourth-order valence-electron chi connectivity index (χ4n) is 1.57. The summed E-state index contributed by atoms with van der Waals surface area (Å²) in [6.45, 7) is 0. The average molecular weight is 294 g/mol. The normalized spacial score (nSPS) is 10.2. The molecule has 0 fully saturated rings. The number of thioether (sulfide) groups is 1. The van der Waals surface area contributed by atoms with Crippen LogP contribution in [0.25, 0.3) is 0 Å². The summed E-state index contributed by atoms with van der Waals surface area (Å²) < 4.78 is 0. The second-order valence-electron chi connectivity index (χ2n) is 3.74. The summed E-state index contributed by atoms with van der Waals surface area (Å²) in [4.78, 5) is 17.0. The molecule has 1 heterocycles. The van der Waals surface area contributed by atoms with Crippen LogP contribution in [0.5, 0.6) is 0 Å². The molecule has 19 heavy (non-hydrogen) atoms. The van der Waals surface area contributed by atoms with E-state index in [9.17, 15) is 4.79 Å². The van der Waals surface area contributed by atoms with Crippen LogP contribution < -0.4 is 11.1 Å². The number of carbonyl (C=O) groups excluding carboxylic acids is 1. The highest BCUT2D eigenvalue weighted by Crippen LogP contribution is 2.26. The number of nitrogens with zero attached hydrogens (tertiary/aromatic N) is 1. The summed E-state index contributed by atoms with van der Waals surface area (Å²) in [5.74, 6) is -0.0479. The van der Waals surface area contributed by atoms with Gasteiger partial charge in [0.15, 0.2) is 0 Å². The van der Waals surface area contributed by atoms with Gasteiger partial charge in [0, 0.05) is 11.1 Å². The van der Waals surface area contributed by atoms with Gasteiger partial charge in [-0.1, -0.05) is 23.7 Å². The number of para-hydroxylation sites is 1. The summed E-state index contributed by atoms with van der Waals surface area (Å²) in [6, 6.07) is 9.00. The summed E-state index contributed by atoms with van der Waals surface area (Å²) in [5.41, 5.74) is 6.61. The quantitative estimate of drug-likeness (QED) is 0.852. The van der Waals surface area contributed by atoms with E-state index in [4.69, 9.17) is 17.3 Å². The van der Waals surface area contributed by atoms with Gasteiger partial charge in [-0.25, -0.2) is 4.98 Å². The second-order valence-corrected chi connectivity index (χ2v) is 5.00. The van der Waals surface area contributed by atoms with Crippen LogP contribution in [0, 0.1) is 0 Å². The molecule has 0 aliphatic carbocycles. The minimum absolute atomic E-state index is 0.257. The molecule has 98 valence electrons. The summed E-state index contributed by atoms with van der Waals surface area (Å²) in [7, 11) is 0. The maximum absolute atomic E-state index is 12.2. The van der Waals surface area contributed by atoms with Gasteiger partial charge >= 0.3 is 0 Å². The second kappa shape index (κ2) is 5.95. The predicted molar refractivity (Wildman–Crippen MR) is 79.8 cm³/mol. The van der Waals surface area contributed by atoms with E-state index in [1.807, 2.05) is 30.5 Å². The Kier molecular flexibility index (Phi) is 4.29. The van der Waals surface area contributed by atoms with E-state index in [2.05, 4.69) is 10.3 Å². The number of amides is 1. The molecule has 0 saturated heterocycles. The Morgan fingerprint density at radius 1 is 1.42 bits per heavy atom. The molecule has 1 amide bonds. The Labute approximate surface area is 120 Å². The number of halogens is 1. The maximum atomic E-state index is 12.2. The van der Waals surface area contributed by atoms with Gasteiger partial charge in [-0.05, 0) is 24.5 Å². The number of pyridine rings is 1. The smallest absolute Gasteiger partial charge is 0.257 e. The molecule has 0 aliphatic rings. The topological polar surface area (TPSA) is 68.0 Å². The van der Waals surface area contributed by atoms with Crippen LogP contribution in [-0.2, 0) is 0 Å². The number of nitrogens with two attached hydrogens (primary N) is 1. The van der Waals surface area contributed by atoms with Crippen LogP contribution in [-0.4, -0.2) is 17.1 Å². The summed E-state index contributed by atoms with van der Waals surface area (Å²) in [6.07, 6.45) is 3.31. The summed E-state index contributed by atoms with van der Waals surface area (Å²) in [5, 5.41) is 3.09. The highest BCUT2D eigenvalue weighted by atomic mass is 35.5. The number of hydrogen-bond acceptors (Lipinski definition) is 4. The molecule has 0 radical (unpaired) electrons. The Bertz CT molecular complexity index is 619. The van der Waals surface area contributed by atoms with Gasteiger partial charge in [-0.3, -0.25) is 4.79 Å². The van der Waals surface area contributed by atoms with Gasteiger partial charge in [-0.15, -0.1) is 11.8 Å². The van der Waals surface area contributed by atoms with E-state index in [0.717, 1.165) is 10.6 Å². The minimum Gasteiger partial charge on any atom is -0.384 e. The van der Waals surface area contributed by atoms with E-state index in [-0.39, 0.29) is 16.7 Å². The lowest BCUT2D eigenvalue weighted by atomic mass is 10.2. The predicted octanol–water partition coefficient (Wildman–Crippen LogP) is 3.29. The molecule has 3 N–H and O–H groups in total. The fourth-order valence-corrected chi connectivity index (χ4v) is 2.31. The third-order valence-electron chi connectivity index (χ3n) is 2.48. The number of carbonyl (C=O) groups is 1. The number of anilines is 2. The molecule has 2 rings (SSSR count). The SMILES string of the molecule is CSc1ccccc1NC(=O)c1cc(N)ncc1Cl. The maximum Gasteiger partial charge on any atom is 0.257 e. The van der Waals surface area contributed by atoms with Crippen molar-refractivity contribution in [2.75, 3.05) is 17.3 Å². The van der Waals surface area contributed by atoms with Crippen molar-refractivity contribution in [2.24, 2.45) is 0 Å². The first-order chi connectivity index (χ1) is 9.11. The van der Waals surface area contributed by atoms with E-state index < -0.39 is 0 Å². The van der Waals surface area contributed by atoms with Gasteiger partial charge in [0.1, 0.15) is 5.82 Å². The zero-order chi connectivity index (χ0) is 13.8. The average Bonchev–Trinajstić information content (AvgIpc) is 2.42. The first-order valence-corrected chi connectivity index (χ1v) is 7.07. The summed E-state index contributed by atoms with van der Waals surface area (Å²) >= 11 is 7.50. The molecule has 0 bridgehead atoms. The molecule has 0 saturated carbocycles.